The topological polar surface area (TPSA) is 59.3 Å². The fraction of sp³-hybridized carbons (Fsp3) is 0.269. The van der Waals surface area contributed by atoms with Crippen LogP contribution in [-0.4, -0.2) is 28.1 Å². The molecule has 0 bridgehead atoms. The van der Waals surface area contributed by atoms with Crippen molar-refractivity contribution in [3.8, 4) is 22.1 Å². The zero-order valence-electron chi connectivity index (χ0n) is 19.7. The number of quaternary nitrogens is 1. The number of alkyl halides is 3. The number of aromatic nitrogens is 2. The first-order chi connectivity index (χ1) is 17.1. The summed E-state index contributed by atoms with van der Waals surface area (Å²) in [7, 11) is 2.85. The van der Waals surface area contributed by atoms with Crippen molar-refractivity contribution in [2.45, 2.75) is 25.4 Å². The van der Waals surface area contributed by atoms with Gasteiger partial charge in [-0.05, 0) is 36.4 Å². The summed E-state index contributed by atoms with van der Waals surface area (Å²) in [5.74, 6) is 1.30. The molecule has 0 fully saturated rings. The van der Waals surface area contributed by atoms with E-state index in [-0.39, 0.29) is 25.3 Å². The van der Waals surface area contributed by atoms with Gasteiger partial charge >= 0.3 is 6.18 Å². The van der Waals surface area contributed by atoms with E-state index in [1.54, 1.807) is 19.2 Å². The molecule has 0 saturated heterocycles. The highest BCUT2D eigenvalue weighted by Gasteiger charge is 2.36. The lowest BCUT2D eigenvalue weighted by molar-refractivity contribution is -0.908. The van der Waals surface area contributed by atoms with Gasteiger partial charge in [0.2, 0.25) is 0 Å². The van der Waals surface area contributed by atoms with E-state index < -0.39 is 22.6 Å². The minimum absolute atomic E-state index is 0.143. The third kappa shape index (κ3) is 4.84. The maximum Gasteiger partial charge on any atom is 0.433 e. The van der Waals surface area contributed by atoms with Crippen molar-refractivity contribution in [2.75, 3.05) is 13.7 Å². The molecule has 5 rings (SSSR count). The number of benzene rings is 2. The molecule has 3 heterocycles. The van der Waals surface area contributed by atoms with E-state index in [4.69, 9.17) is 9.47 Å². The summed E-state index contributed by atoms with van der Waals surface area (Å²) >= 11 is 1.28. The maximum absolute atomic E-state index is 14.2. The molecule has 0 saturated carbocycles. The van der Waals surface area contributed by atoms with E-state index in [0.717, 1.165) is 26.8 Å². The third-order valence-electron chi connectivity index (χ3n) is 6.21. The third-order valence-corrected chi connectivity index (χ3v) is 7.31. The molecule has 2 atom stereocenters. The molecule has 2 aromatic heterocycles. The predicted octanol–water partition coefficient (Wildman–Crippen LogP) is 6.32. The van der Waals surface area contributed by atoms with Crippen molar-refractivity contribution in [3.63, 3.8) is 0 Å². The van der Waals surface area contributed by atoms with Gasteiger partial charge in [-0.2, -0.15) is 18.3 Å². The van der Waals surface area contributed by atoms with Gasteiger partial charge in [-0.15, -0.1) is 11.3 Å². The molecule has 0 radical (unpaired) electrons. The molecule has 0 spiro atoms. The Morgan fingerprint density at radius 1 is 1.14 bits per heavy atom. The lowest BCUT2D eigenvalue weighted by Gasteiger charge is -2.42. The van der Waals surface area contributed by atoms with E-state index in [2.05, 4.69) is 5.10 Å². The van der Waals surface area contributed by atoms with Crippen LogP contribution in [0.5, 0.6) is 11.5 Å². The van der Waals surface area contributed by atoms with Crippen LogP contribution < -0.4 is 9.47 Å². The Labute approximate surface area is 210 Å². The molecule has 188 valence electrons. The number of rotatable bonds is 5. The second-order valence-electron chi connectivity index (χ2n) is 8.82. The summed E-state index contributed by atoms with van der Waals surface area (Å²) in [5.41, 5.74) is 1.01. The molecule has 4 aromatic rings. The molecule has 2 aromatic carbocycles. The zero-order chi connectivity index (χ0) is 25.5. The standard InChI is InChI=1S/C26H24F3N3O3S/c1-31-25(26(27,28)29)13-20(30-31)24-12-11-18(36-24)15-32(33)14-17-7-3-5-9-21(17)35-23(16-32)19-8-4-6-10-22(19)34-2/h3-13,23H,14-16H2,1-2H3. The SMILES string of the molecule is COc1ccccc1C1C[N+]([O-])(Cc2ccc(-c3cc(C(F)(F)F)n(C)n3)s2)Cc2ccccc2O1. The van der Waals surface area contributed by atoms with E-state index in [1.807, 2.05) is 48.5 Å². The number of hydroxylamine groups is 3. The van der Waals surface area contributed by atoms with Crippen LogP contribution in [0.25, 0.3) is 10.6 Å². The quantitative estimate of drug-likeness (QED) is 0.230. The number of halogens is 3. The first-order valence-electron chi connectivity index (χ1n) is 11.3. The van der Waals surface area contributed by atoms with E-state index in [0.29, 0.717) is 16.4 Å². The van der Waals surface area contributed by atoms with Crippen LogP contribution in [0.15, 0.2) is 66.7 Å². The van der Waals surface area contributed by atoms with E-state index >= 15 is 0 Å². The Morgan fingerprint density at radius 3 is 2.64 bits per heavy atom. The zero-order valence-corrected chi connectivity index (χ0v) is 20.5. The molecule has 1 aliphatic rings. The highest BCUT2D eigenvalue weighted by molar-refractivity contribution is 7.15. The number of methoxy groups -OCH3 is 1. The second-order valence-corrected chi connectivity index (χ2v) is 9.98. The van der Waals surface area contributed by atoms with Crippen molar-refractivity contribution >= 4 is 11.3 Å². The van der Waals surface area contributed by atoms with Gasteiger partial charge in [0.15, 0.2) is 6.10 Å². The summed E-state index contributed by atoms with van der Waals surface area (Å²) in [6.07, 6.45) is -5.02. The Hall–Kier alpha value is -3.34. The van der Waals surface area contributed by atoms with Gasteiger partial charge in [-0.3, -0.25) is 4.68 Å². The summed E-state index contributed by atoms with van der Waals surface area (Å²) in [4.78, 5) is 1.34. The molecule has 0 amide bonds. The van der Waals surface area contributed by atoms with Crippen LogP contribution in [0.2, 0.25) is 0 Å². The van der Waals surface area contributed by atoms with Crippen molar-refractivity contribution in [1.29, 1.82) is 0 Å². The molecule has 6 nitrogen and oxygen atoms in total. The molecule has 1 aliphatic heterocycles. The fourth-order valence-electron chi connectivity index (χ4n) is 4.57. The molecular formula is C26H24F3N3O3S. The lowest BCUT2D eigenvalue weighted by atomic mass is 10.1. The number of hydrogen-bond donors (Lipinski definition) is 0. The molecule has 36 heavy (non-hydrogen) atoms. The second kappa shape index (κ2) is 9.27. The van der Waals surface area contributed by atoms with Crippen molar-refractivity contribution in [2.24, 2.45) is 7.05 Å². The van der Waals surface area contributed by atoms with E-state index in [9.17, 15) is 18.4 Å². The van der Waals surface area contributed by atoms with Crippen LogP contribution in [0, 0.1) is 5.21 Å². The highest BCUT2D eigenvalue weighted by atomic mass is 32.1. The predicted molar refractivity (Wildman–Crippen MR) is 130 cm³/mol. The Kier molecular flexibility index (Phi) is 6.27. The lowest BCUT2D eigenvalue weighted by Crippen LogP contribution is -2.43. The van der Waals surface area contributed by atoms with Crippen molar-refractivity contribution in [3.05, 3.63) is 93.6 Å². The normalized spacial score (nSPS) is 19.9. The van der Waals surface area contributed by atoms with Crippen LogP contribution in [0.1, 0.15) is 27.8 Å². The van der Waals surface area contributed by atoms with Crippen LogP contribution in [0.4, 0.5) is 13.2 Å². The Balaban J connectivity index is 1.46. The van der Waals surface area contributed by atoms with Gasteiger partial charge in [0, 0.05) is 18.2 Å². The molecule has 0 N–H and O–H groups in total. The van der Waals surface area contributed by atoms with Crippen molar-refractivity contribution < 1.29 is 27.3 Å². The summed E-state index contributed by atoms with van der Waals surface area (Å²) in [6, 6.07) is 19.5. The van der Waals surface area contributed by atoms with Crippen LogP contribution >= 0.6 is 11.3 Å². The first-order valence-corrected chi connectivity index (χ1v) is 12.1. The van der Waals surface area contributed by atoms with Crippen LogP contribution in [0.3, 0.4) is 0 Å². The number of fused-ring (bicyclic) bond motifs is 1. The average Bonchev–Trinajstić information content (AvgIpc) is 3.42. The van der Waals surface area contributed by atoms with Gasteiger partial charge in [-0.1, -0.05) is 30.3 Å². The number of ether oxygens (including phenoxy) is 2. The molecule has 2 unspecified atom stereocenters. The van der Waals surface area contributed by atoms with Crippen LogP contribution in [-0.2, 0) is 26.3 Å². The number of aryl methyl sites for hydroxylation is 1. The maximum atomic E-state index is 14.2. The van der Waals surface area contributed by atoms with E-state index in [1.165, 1.54) is 18.4 Å². The Morgan fingerprint density at radius 2 is 1.89 bits per heavy atom. The highest BCUT2D eigenvalue weighted by Crippen LogP contribution is 2.40. The van der Waals surface area contributed by atoms with Gasteiger partial charge in [0.25, 0.3) is 0 Å². The number of nitrogens with zero attached hydrogens (tertiary/aromatic N) is 3. The largest absolute Gasteiger partial charge is 0.632 e. The fourth-order valence-corrected chi connectivity index (χ4v) is 5.63. The molecular weight excluding hydrogens is 491 g/mol. The monoisotopic (exact) mass is 515 g/mol. The summed E-state index contributed by atoms with van der Waals surface area (Å²) < 4.78 is 51.7. The molecule has 0 aliphatic carbocycles. The first kappa shape index (κ1) is 24.4. The minimum Gasteiger partial charge on any atom is -0.632 e. The number of para-hydroxylation sites is 2. The van der Waals surface area contributed by atoms with Gasteiger partial charge in [0.1, 0.15) is 42.5 Å². The molecule has 10 heteroatoms. The average molecular weight is 516 g/mol. The summed E-state index contributed by atoms with van der Waals surface area (Å²) in [5, 5.41) is 18.3. The number of thiophene rings is 1. The minimum atomic E-state index is -4.49. The Bertz CT molecular complexity index is 1380. The van der Waals surface area contributed by atoms with Gasteiger partial charge < -0.3 is 19.3 Å². The van der Waals surface area contributed by atoms with Crippen molar-refractivity contribution in [1.82, 2.24) is 9.78 Å². The smallest absolute Gasteiger partial charge is 0.433 e. The van der Waals surface area contributed by atoms with Gasteiger partial charge in [-0.25, -0.2) is 0 Å². The van der Waals surface area contributed by atoms with Gasteiger partial charge in [0.05, 0.1) is 16.9 Å². The summed E-state index contributed by atoms with van der Waals surface area (Å²) in [6.45, 7) is 0.494. The number of hydrogen-bond acceptors (Lipinski definition) is 5.